The molecule has 148 valence electrons. The van der Waals surface area contributed by atoms with E-state index >= 15 is 0 Å². The SMILES string of the molecule is C[C@H](OC(=O)c1ccc(CS(C)(=O)=O)cc1)C(=O)Nc1ccc2c(c1)CCC2. The lowest BCUT2D eigenvalue weighted by Crippen LogP contribution is -2.30. The van der Waals surface area contributed by atoms with Gasteiger partial charge in [-0.2, -0.15) is 0 Å². The van der Waals surface area contributed by atoms with E-state index in [1.807, 2.05) is 18.2 Å². The average Bonchev–Trinajstić information content (AvgIpc) is 3.08. The molecule has 0 saturated heterocycles. The summed E-state index contributed by atoms with van der Waals surface area (Å²) in [6.07, 6.45) is 3.40. The van der Waals surface area contributed by atoms with Crippen LogP contribution in [0.4, 0.5) is 5.69 Å². The second-order valence-corrected chi connectivity index (χ2v) is 9.28. The van der Waals surface area contributed by atoms with E-state index in [0.717, 1.165) is 25.5 Å². The first-order valence-electron chi connectivity index (χ1n) is 9.11. The van der Waals surface area contributed by atoms with E-state index in [1.165, 1.54) is 30.2 Å². The monoisotopic (exact) mass is 401 g/mol. The molecule has 0 heterocycles. The van der Waals surface area contributed by atoms with Gasteiger partial charge >= 0.3 is 5.97 Å². The lowest BCUT2D eigenvalue weighted by molar-refractivity contribution is -0.123. The molecule has 2 aromatic carbocycles. The Morgan fingerprint density at radius 2 is 1.75 bits per heavy atom. The molecule has 0 unspecified atom stereocenters. The number of rotatable bonds is 6. The lowest BCUT2D eigenvalue weighted by Gasteiger charge is -2.14. The Bertz CT molecular complexity index is 996. The van der Waals surface area contributed by atoms with Crippen LogP contribution in [0.3, 0.4) is 0 Å². The fraction of sp³-hybridized carbons (Fsp3) is 0.333. The summed E-state index contributed by atoms with van der Waals surface area (Å²) >= 11 is 0. The summed E-state index contributed by atoms with van der Waals surface area (Å²) in [7, 11) is -3.14. The predicted molar refractivity (Wildman–Crippen MR) is 107 cm³/mol. The van der Waals surface area contributed by atoms with Crippen LogP contribution in [0.25, 0.3) is 0 Å². The van der Waals surface area contributed by atoms with Crippen LogP contribution < -0.4 is 5.32 Å². The van der Waals surface area contributed by atoms with Crippen LogP contribution in [-0.2, 0) is 38.0 Å². The molecule has 7 heteroatoms. The first-order valence-corrected chi connectivity index (χ1v) is 11.2. The van der Waals surface area contributed by atoms with Crippen molar-refractivity contribution < 1.29 is 22.7 Å². The van der Waals surface area contributed by atoms with Crippen molar-refractivity contribution in [2.45, 2.75) is 38.0 Å². The number of hydrogen-bond donors (Lipinski definition) is 1. The van der Waals surface area contributed by atoms with Crippen molar-refractivity contribution in [1.29, 1.82) is 0 Å². The van der Waals surface area contributed by atoms with Gasteiger partial charge in [0.25, 0.3) is 5.91 Å². The van der Waals surface area contributed by atoms with Crippen molar-refractivity contribution >= 4 is 27.4 Å². The van der Waals surface area contributed by atoms with Gasteiger partial charge in [0.2, 0.25) is 0 Å². The number of esters is 1. The summed E-state index contributed by atoms with van der Waals surface area (Å²) in [4.78, 5) is 24.6. The number of ether oxygens (including phenoxy) is 1. The standard InChI is InChI=1S/C21H23NO5S/c1-14(20(23)22-19-11-10-16-4-3-5-18(16)12-19)27-21(24)17-8-6-15(7-9-17)13-28(2,25)26/h6-12,14H,3-5,13H2,1-2H3,(H,22,23)/t14-/m0/s1. The number of nitrogens with one attached hydrogen (secondary N) is 1. The zero-order valence-corrected chi connectivity index (χ0v) is 16.7. The molecule has 0 saturated carbocycles. The van der Waals surface area contributed by atoms with Gasteiger partial charge in [0.15, 0.2) is 15.9 Å². The highest BCUT2D eigenvalue weighted by molar-refractivity contribution is 7.89. The van der Waals surface area contributed by atoms with Gasteiger partial charge in [-0.3, -0.25) is 4.79 Å². The third-order valence-electron chi connectivity index (χ3n) is 4.64. The maximum Gasteiger partial charge on any atom is 0.338 e. The van der Waals surface area contributed by atoms with Crippen molar-refractivity contribution in [3.63, 3.8) is 0 Å². The molecule has 2 aromatic rings. The number of amides is 1. The maximum atomic E-state index is 12.3. The zero-order valence-electron chi connectivity index (χ0n) is 15.9. The lowest BCUT2D eigenvalue weighted by atomic mass is 10.1. The molecular formula is C21H23NO5S. The van der Waals surface area contributed by atoms with Gasteiger partial charge in [0, 0.05) is 11.9 Å². The molecule has 1 aliphatic rings. The Balaban J connectivity index is 1.58. The van der Waals surface area contributed by atoms with Crippen molar-refractivity contribution in [3.8, 4) is 0 Å². The molecule has 28 heavy (non-hydrogen) atoms. The van der Waals surface area contributed by atoms with Crippen molar-refractivity contribution in [1.82, 2.24) is 0 Å². The fourth-order valence-electron chi connectivity index (χ4n) is 3.22. The maximum absolute atomic E-state index is 12.3. The largest absolute Gasteiger partial charge is 0.449 e. The normalized spacial score (nSPS) is 14.2. The fourth-order valence-corrected chi connectivity index (χ4v) is 4.01. The van der Waals surface area contributed by atoms with Gasteiger partial charge in [-0.05, 0) is 67.1 Å². The van der Waals surface area contributed by atoms with E-state index in [2.05, 4.69) is 5.32 Å². The summed E-state index contributed by atoms with van der Waals surface area (Å²) in [5.74, 6) is -1.13. The minimum Gasteiger partial charge on any atom is -0.449 e. The Kier molecular flexibility index (Phi) is 5.84. The molecule has 1 amide bonds. The van der Waals surface area contributed by atoms with Gasteiger partial charge in [-0.1, -0.05) is 18.2 Å². The Morgan fingerprint density at radius 1 is 1.07 bits per heavy atom. The topological polar surface area (TPSA) is 89.5 Å². The summed E-state index contributed by atoms with van der Waals surface area (Å²) in [6, 6.07) is 12.0. The molecule has 0 aliphatic heterocycles. The average molecular weight is 401 g/mol. The number of aryl methyl sites for hydroxylation is 2. The third-order valence-corrected chi connectivity index (χ3v) is 5.50. The van der Waals surface area contributed by atoms with Crippen molar-refractivity contribution in [3.05, 3.63) is 64.7 Å². The predicted octanol–water partition coefficient (Wildman–Crippen LogP) is 2.90. The van der Waals surface area contributed by atoms with E-state index in [-0.39, 0.29) is 11.3 Å². The number of hydrogen-bond acceptors (Lipinski definition) is 5. The molecule has 0 fully saturated rings. The van der Waals surface area contributed by atoms with Gasteiger partial charge in [0.05, 0.1) is 11.3 Å². The minimum absolute atomic E-state index is 0.0953. The van der Waals surface area contributed by atoms with E-state index in [1.54, 1.807) is 12.1 Å². The second-order valence-electron chi connectivity index (χ2n) is 7.14. The molecule has 0 bridgehead atoms. The zero-order chi connectivity index (χ0) is 20.3. The summed E-state index contributed by atoms with van der Waals surface area (Å²) < 4.78 is 27.9. The highest BCUT2D eigenvalue weighted by Gasteiger charge is 2.20. The Morgan fingerprint density at radius 3 is 2.43 bits per heavy atom. The van der Waals surface area contributed by atoms with E-state index < -0.39 is 27.8 Å². The number of benzene rings is 2. The van der Waals surface area contributed by atoms with Gasteiger partial charge in [-0.15, -0.1) is 0 Å². The summed E-state index contributed by atoms with van der Waals surface area (Å²) in [5, 5.41) is 2.78. The van der Waals surface area contributed by atoms with Gasteiger partial charge in [0.1, 0.15) is 0 Å². The summed E-state index contributed by atoms with van der Waals surface area (Å²) in [6.45, 7) is 1.51. The third kappa shape index (κ3) is 5.19. The molecule has 1 aliphatic carbocycles. The summed E-state index contributed by atoms with van der Waals surface area (Å²) in [5.41, 5.74) is 4.10. The minimum atomic E-state index is -3.14. The van der Waals surface area contributed by atoms with Crippen LogP contribution in [0.2, 0.25) is 0 Å². The van der Waals surface area contributed by atoms with Crippen LogP contribution in [0.5, 0.6) is 0 Å². The van der Waals surface area contributed by atoms with E-state index in [9.17, 15) is 18.0 Å². The van der Waals surface area contributed by atoms with Crippen LogP contribution in [0.15, 0.2) is 42.5 Å². The molecule has 1 N–H and O–H groups in total. The molecule has 0 radical (unpaired) electrons. The highest BCUT2D eigenvalue weighted by atomic mass is 32.2. The van der Waals surface area contributed by atoms with E-state index in [4.69, 9.17) is 4.74 Å². The molecule has 3 rings (SSSR count). The highest BCUT2D eigenvalue weighted by Crippen LogP contribution is 2.25. The first-order chi connectivity index (χ1) is 13.2. The van der Waals surface area contributed by atoms with Crippen LogP contribution in [-0.4, -0.2) is 32.7 Å². The number of fused-ring (bicyclic) bond motifs is 1. The number of anilines is 1. The Hall–Kier alpha value is -2.67. The second kappa shape index (κ2) is 8.14. The van der Waals surface area contributed by atoms with Gasteiger partial charge < -0.3 is 10.1 Å². The number of carbonyl (C=O) groups excluding carboxylic acids is 2. The van der Waals surface area contributed by atoms with Crippen LogP contribution in [0, 0.1) is 0 Å². The first kappa shape index (κ1) is 20.1. The van der Waals surface area contributed by atoms with Gasteiger partial charge in [-0.25, -0.2) is 13.2 Å². The Labute approximate surface area is 164 Å². The van der Waals surface area contributed by atoms with Crippen LogP contribution in [0.1, 0.15) is 40.4 Å². The van der Waals surface area contributed by atoms with E-state index in [0.29, 0.717) is 11.3 Å². The molecule has 0 aromatic heterocycles. The molecular weight excluding hydrogens is 378 g/mol. The molecule has 0 spiro atoms. The molecule has 6 nitrogen and oxygen atoms in total. The van der Waals surface area contributed by atoms with Crippen molar-refractivity contribution in [2.75, 3.05) is 11.6 Å². The molecule has 1 atom stereocenters. The number of sulfone groups is 1. The van der Waals surface area contributed by atoms with Crippen LogP contribution >= 0.6 is 0 Å². The van der Waals surface area contributed by atoms with Crippen molar-refractivity contribution in [2.24, 2.45) is 0 Å². The number of carbonyl (C=O) groups is 2. The smallest absolute Gasteiger partial charge is 0.338 e. The quantitative estimate of drug-likeness (QED) is 0.752.